The van der Waals surface area contributed by atoms with Crippen molar-refractivity contribution in [3.63, 3.8) is 0 Å². The molecule has 0 bridgehead atoms. The van der Waals surface area contributed by atoms with E-state index in [4.69, 9.17) is 0 Å². The molecule has 1 amide bonds. The van der Waals surface area contributed by atoms with Gasteiger partial charge < -0.3 is 0 Å². The molecule has 0 saturated carbocycles. The number of carbonyl (C=O) groups is 1. The van der Waals surface area contributed by atoms with Crippen LogP contribution in [-0.2, 0) is 25.4 Å². The number of H-pyrrole nitrogens is 1. The monoisotopic (exact) mass is 359 g/mol. The van der Waals surface area contributed by atoms with Gasteiger partial charge in [-0.25, -0.2) is 24.2 Å². The van der Waals surface area contributed by atoms with Gasteiger partial charge in [-0.15, -0.1) is 0 Å². The van der Waals surface area contributed by atoms with E-state index in [1.807, 2.05) is 0 Å². The van der Waals surface area contributed by atoms with Crippen molar-refractivity contribution in [1.82, 2.24) is 19.5 Å². The number of hydrazone groups is 1. The molecule has 2 heterocycles. The Morgan fingerprint density at radius 2 is 2.04 bits per heavy atom. The SMILES string of the molecule is Cn1c(=O)c2c([nH]c[n+]2CC(=O)NN=Cc2ccccc2F)n(C)c1=O. The molecule has 3 aromatic rings. The van der Waals surface area contributed by atoms with Crippen LogP contribution in [0, 0.1) is 5.82 Å². The second-order valence-electron chi connectivity index (χ2n) is 5.62. The molecule has 10 heteroatoms. The van der Waals surface area contributed by atoms with Gasteiger partial charge in [-0.05, 0) is 6.07 Å². The number of imidazole rings is 1. The van der Waals surface area contributed by atoms with Gasteiger partial charge >= 0.3 is 11.2 Å². The van der Waals surface area contributed by atoms with Crippen LogP contribution in [0.2, 0.25) is 0 Å². The van der Waals surface area contributed by atoms with Gasteiger partial charge in [0.15, 0.2) is 6.54 Å². The molecule has 0 unspecified atom stereocenters. The predicted molar refractivity (Wildman–Crippen MR) is 91.1 cm³/mol. The van der Waals surface area contributed by atoms with E-state index in [9.17, 15) is 18.8 Å². The number of nitrogens with one attached hydrogen (secondary N) is 2. The molecule has 1 aromatic carbocycles. The highest BCUT2D eigenvalue weighted by molar-refractivity contribution is 5.82. The minimum absolute atomic E-state index is 0.183. The molecular formula is C16H16FN6O3+. The van der Waals surface area contributed by atoms with Crippen LogP contribution in [0.25, 0.3) is 11.2 Å². The average molecular weight is 359 g/mol. The van der Waals surface area contributed by atoms with Crippen LogP contribution < -0.4 is 21.2 Å². The van der Waals surface area contributed by atoms with Crippen LogP contribution in [0.3, 0.4) is 0 Å². The fourth-order valence-electron chi connectivity index (χ4n) is 2.52. The van der Waals surface area contributed by atoms with Crippen LogP contribution in [0.15, 0.2) is 45.3 Å². The molecule has 134 valence electrons. The Bertz CT molecular complexity index is 1140. The third-order valence-electron chi connectivity index (χ3n) is 3.90. The number of carbonyl (C=O) groups excluding carboxylic acids is 1. The third kappa shape index (κ3) is 3.04. The zero-order valence-electron chi connectivity index (χ0n) is 14.1. The molecule has 0 saturated heterocycles. The van der Waals surface area contributed by atoms with Gasteiger partial charge in [0.2, 0.25) is 6.33 Å². The van der Waals surface area contributed by atoms with Gasteiger partial charge in [0.05, 0.1) is 6.21 Å². The highest BCUT2D eigenvalue weighted by Crippen LogP contribution is 2.02. The first-order valence-corrected chi connectivity index (χ1v) is 7.63. The molecular weight excluding hydrogens is 343 g/mol. The quantitative estimate of drug-likeness (QED) is 0.360. The number of benzene rings is 1. The summed E-state index contributed by atoms with van der Waals surface area (Å²) in [6, 6.07) is 6.00. The molecule has 26 heavy (non-hydrogen) atoms. The molecule has 0 atom stereocenters. The highest BCUT2D eigenvalue weighted by Gasteiger charge is 2.21. The fraction of sp³-hybridized carbons (Fsp3) is 0.188. The summed E-state index contributed by atoms with van der Waals surface area (Å²) in [6.07, 6.45) is 2.61. The second kappa shape index (κ2) is 6.75. The van der Waals surface area contributed by atoms with Crippen LogP contribution in [0.5, 0.6) is 0 Å². The van der Waals surface area contributed by atoms with E-state index in [0.29, 0.717) is 5.65 Å². The summed E-state index contributed by atoms with van der Waals surface area (Å²) in [4.78, 5) is 39.1. The summed E-state index contributed by atoms with van der Waals surface area (Å²) in [5.74, 6) is -0.972. The normalized spacial score (nSPS) is 11.3. The van der Waals surface area contributed by atoms with Gasteiger partial charge in [0.25, 0.3) is 17.1 Å². The minimum Gasteiger partial charge on any atom is -0.269 e. The smallest absolute Gasteiger partial charge is 0.269 e. The summed E-state index contributed by atoms with van der Waals surface area (Å²) in [5, 5.41) is 3.71. The van der Waals surface area contributed by atoms with Gasteiger partial charge in [-0.3, -0.25) is 18.7 Å². The van der Waals surface area contributed by atoms with E-state index >= 15 is 0 Å². The number of nitrogens with zero attached hydrogens (tertiary/aromatic N) is 4. The number of aromatic nitrogens is 4. The lowest BCUT2D eigenvalue weighted by Gasteiger charge is -2.01. The number of hydrogen-bond acceptors (Lipinski definition) is 4. The van der Waals surface area contributed by atoms with Crippen molar-refractivity contribution in [2.45, 2.75) is 6.54 Å². The van der Waals surface area contributed by atoms with E-state index in [-0.39, 0.29) is 17.6 Å². The largest absolute Gasteiger partial charge is 0.333 e. The van der Waals surface area contributed by atoms with Crippen molar-refractivity contribution < 1.29 is 13.8 Å². The molecule has 2 aromatic heterocycles. The summed E-state index contributed by atoms with van der Waals surface area (Å²) >= 11 is 0. The summed E-state index contributed by atoms with van der Waals surface area (Å²) in [6.45, 7) is -0.206. The van der Waals surface area contributed by atoms with Crippen molar-refractivity contribution in [2.24, 2.45) is 19.2 Å². The number of amides is 1. The van der Waals surface area contributed by atoms with Gasteiger partial charge in [-0.1, -0.05) is 18.2 Å². The van der Waals surface area contributed by atoms with Gasteiger partial charge in [0, 0.05) is 19.7 Å². The topological polar surface area (TPSA) is 105 Å². The molecule has 0 fully saturated rings. The number of rotatable bonds is 4. The zero-order chi connectivity index (χ0) is 18.8. The first-order valence-electron chi connectivity index (χ1n) is 7.63. The third-order valence-corrected chi connectivity index (χ3v) is 3.90. The summed E-state index contributed by atoms with van der Waals surface area (Å²) in [7, 11) is 2.88. The van der Waals surface area contributed by atoms with E-state index in [0.717, 1.165) is 4.57 Å². The summed E-state index contributed by atoms with van der Waals surface area (Å²) in [5.41, 5.74) is 2.00. The van der Waals surface area contributed by atoms with Crippen molar-refractivity contribution in [3.8, 4) is 0 Å². The molecule has 3 rings (SSSR count). The van der Waals surface area contributed by atoms with Crippen molar-refractivity contribution in [3.05, 3.63) is 62.8 Å². The van der Waals surface area contributed by atoms with Crippen molar-refractivity contribution in [2.75, 3.05) is 0 Å². The number of fused-ring (bicyclic) bond motifs is 1. The number of hydrogen-bond donors (Lipinski definition) is 2. The van der Waals surface area contributed by atoms with E-state index in [2.05, 4.69) is 15.5 Å². The average Bonchev–Trinajstić information content (AvgIpc) is 3.03. The molecule has 2 N–H and O–H groups in total. The number of aryl methyl sites for hydroxylation is 1. The van der Waals surface area contributed by atoms with E-state index in [1.165, 1.54) is 47.9 Å². The standard InChI is InChI=1S/C16H15FN6O3/c1-21-14-13(15(25)22(2)16(21)26)23(9-18-14)8-12(24)20-19-7-10-5-3-4-6-11(10)17/h3-7,9H,8H2,1-2H3,(H,20,24)/p+1. The Balaban J connectivity index is 1.81. The number of aromatic amines is 1. The molecule has 9 nitrogen and oxygen atoms in total. The van der Waals surface area contributed by atoms with Crippen LogP contribution in [0.4, 0.5) is 4.39 Å². The zero-order valence-corrected chi connectivity index (χ0v) is 14.1. The maximum atomic E-state index is 13.5. The highest BCUT2D eigenvalue weighted by atomic mass is 19.1. The van der Waals surface area contributed by atoms with Gasteiger partial charge in [0.1, 0.15) is 5.82 Å². The lowest BCUT2D eigenvalue weighted by Crippen LogP contribution is -2.46. The first-order chi connectivity index (χ1) is 12.4. The Morgan fingerprint density at radius 3 is 2.77 bits per heavy atom. The van der Waals surface area contributed by atoms with E-state index in [1.54, 1.807) is 12.1 Å². The Labute approximate surface area is 146 Å². The van der Waals surface area contributed by atoms with E-state index < -0.39 is 23.0 Å². The molecule has 0 radical (unpaired) electrons. The molecule has 0 aliphatic carbocycles. The number of halogens is 1. The van der Waals surface area contributed by atoms with Crippen LogP contribution >= 0.6 is 0 Å². The molecule has 0 aliphatic rings. The Hall–Kier alpha value is -3.56. The maximum absolute atomic E-state index is 13.5. The van der Waals surface area contributed by atoms with Crippen LogP contribution in [-0.4, -0.2) is 26.2 Å². The molecule has 0 aliphatic heterocycles. The Kier molecular flexibility index (Phi) is 4.48. The fourth-order valence-corrected chi connectivity index (χ4v) is 2.52. The minimum atomic E-state index is -0.521. The lowest BCUT2D eigenvalue weighted by atomic mass is 10.2. The first kappa shape index (κ1) is 17.3. The predicted octanol–water partition coefficient (Wildman–Crippen LogP) is -0.858. The van der Waals surface area contributed by atoms with Gasteiger partial charge in [-0.2, -0.15) is 5.10 Å². The van der Waals surface area contributed by atoms with Crippen LogP contribution in [0.1, 0.15) is 5.56 Å². The summed E-state index contributed by atoms with van der Waals surface area (Å²) < 4.78 is 17.1. The van der Waals surface area contributed by atoms with Crippen molar-refractivity contribution in [1.29, 1.82) is 0 Å². The maximum Gasteiger partial charge on any atom is 0.333 e. The molecule has 0 spiro atoms. The lowest BCUT2D eigenvalue weighted by molar-refractivity contribution is -0.659. The van der Waals surface area contributed by atoms with Crippen molar-refractivity contribution >= 4 is 23.3 Å². The Morgan fingerprint density at radius 1 is 1.31 bits per heavy atom. The second-order valence-corrected chi connectivity index (χ2v) is 5.62.